The van der Waals surface area contributed by atoms with Crippen molar-refractivity contribution in [3.05, 3.63) is 35.9 Å². The van der Waals surface area contributed by atoms with Gasteiger partial charge in [0.2, 0.25) is 0 Å². The molecule has 1 aromatic carbocycles. The van der Waals surface area contributed by atoms with E-state index in [1.807, 2.05) is 0 Å². The molecule has 0 amide bonds. The Morgan fingerprint density at radius 1 is 1.33 bits per heavy atom. The quantitative estimate of drug-likeness (QED) is 0.807. The van der Waals surface area contributed by atoms with Crippen molar-refractivity contribution < 1.29 is 4.74 Å². The molecule has 0 spiro atoms. The molecule has 2 heterocycles. The summed E-state index contributed by atoms with van der Waals surface area (Å²) in [6.07, 6.45) is 6.13. The van der Waals surface area contributed by atoms with E-state index < -0.39 is 0 Å². The van der Waals surface area contributed by atoms with E-state index >= 15 is 0 Å². The highest BCUT2D eigenvalue weighted by Gasteiger charge is 2.31. The lowest BCUT2D eigenvalue weighted by atomic mass is 9.91. The van der Waals surface area contributed by atoms with E-state index in [1.165, 1.54) is 43.5 Å². The van der Waals surface area contributed by atoms with Gasteiger partial charge in [-0.15, -0.1) is 0 Å². The lowest BCUT2D eigenvalue weighted by Crippen LogP contribution is -2.45. The number of benzene rings is 1. The molecule has 0 aromatic heterocycles. The molecule has 0 aliphatic carbocycles. The maximum absolute atomic E-state index is 5.92. The van der Waals surface area contributed by atoms with Crippen LogP contribution in [0.1, 0.15) is 31.7 Å². The van der Waals surface area contributed by atoms with Crippen molar-refractivity contribution in [1.29, 1.82) is 0 Å². The Hall–Kier alpha value is -1.28. The van der Waals surface area contributed by atoms with Gasteiger partial charge in [-0.2, -0.15) is 0 Å². The molecule has 0 saturated heterocycles. The molecular weight excluding hydrogens is 222 g/mol. The second kappa shape index (κ2) is 5.15. The first-order valence-corrected chi connectivity index (χ1v) is 7.06. The summed E-state index contributed by atoms with van der Waals surface area (Å²) in [5, 5.41) is 0. The third-order valence-electron chi connectivity index (χ3n) is 3.97. The first kappa shape index (κ1) is 11.8. The van der Waals surface area contributed by atoms with Gasteiger partial charge in [0.1, 0.15) is 12.4 Å². The normalized spacial score (nSPS) is 22.7. The third kappa shape index (κ3) is 2.05. The fourth-order valence-electron chi connectivity index (χ4n) is 2.99. The minimum atomic E-state index is 0.472. The molecule has 0 saturated carbocycles. The minimum Gasteiger partial charge on any atom is -0.491 e. The highest BCUT2D eigenvalue weighted by molar-refractivity contribution is 5.76. The molecular formula is C16H21NO. The monoisotopic (exact) mass is 243 g/mol. The lowest BCUT2D eigenvalue weighted by Gasteiger charge is -2.39. The van der Waals surface area contributed by atoms with Crippen LogP contribution in [0.2, 0.25) is 0 Å². The van der Waals surface area contributed by atoms with Gasteiger partial charge in [-0.3, -0.25) is 4.90 Å². The third-order valence-corrected chi connectivity index (χ3v) is 3.97. The summed E-state index contributed by atoms with van der Waals surface area (Å²) in [5.74, 6) is 1.05. The van der Waals surface area contributed by atoms with Crippen LogP contribution >= 0.6 is 0 Å². The summed E-state index contributed by atoms with van der Waals surface area (Å²) in [6.45, 7) is 5.45. The first-order valence-electron chi connectivity index (χ1n) is 7.06. The Morgan fingerprint density at radius 3 is 3.11 bits per heavy atom. The average Bonchev–Trinajstić information content (AvgIpc) is 2.44. The Balaban J connectivity index is 1.87. The van der Waals surface area contributed by atoms with E-state index in [-0.39, 0.29) is 0 Å². The fraction of sp³-hybridized carbons (Fsp3) is 0.500. The second-order valence-corrected chi connectivity index (χ2v) is 5.16. The largest absolute Gasteiger partial charge is 0.491 e. The lowest BCUT2D eigenvalue weighted by molar-refractivity contribution is 0.155. The molecule has 2 aliphatic heterocycles. The molecule has 96 valence electrons. The summed E-state index contributed by atoms with van der Waals surface area (Å²) < 4.78 is 5.92. The number of rotatable bonds is 3. The van der Waals surface area contributed by atoms with Crippen molar-refractivity contribution in [2.75, 3.05) is 19.7 Å². The number of hydrogen-bond donors (Lipinski definition) is 0. The molecule has 0 N–H and O–H groups in total. The number of fused-ring (bicyclic) bond motifs is 3. The molecule has 0 radical (unpaired) electrons. The summed E-state index contributed by atoms with van der Waals surface area (Å²) in [5.41, 5.74) is 2.79. The van der Waals surface area contributed by atoms with Crippen LogP contribution in [-0.2, 0) is 0 Å². The van der Waals surface area contributed by atoms with Crippen LogP contribution in [-0.4, -0.2) is 30.6 Å². The summed E-state index contributed by atoms with van der Waals surface area (Å²) in [6, 6.07) is 8.90. The maximum Gasteiger partial charge on any atom is 0.126 e. The molecule has 2 aliphatic rings. The number of hydrogen-bond acceptors (Lipinski definition) is 2. The van der Waals surface area contributed by atoms with E-state index in [0.717, 1.165) is 12.4 Å². The van der Waals surface area contributed by atoms with Gasteiger partial charge in [-0.05, 0) is 31.0 Å². The highest BCUT2D eigenvalue weighted by Crippen LogP contribution is 2.37. The maximum atomic E-state index is 5.92. The smallest absolute Gasteiger partial charge is 0.126 e. The predicted octanol–water partition coefficient (Wildman–Crippen LogP) is 3.34. The van der Waals surface area contributed by atoms with Crippen molar-refractivity contribution in [2.24, 2.45) is 0 Å². The second-order valence-electron chi connectivity index (χ2n) is 5.16. The van der Waals surface area contributed by atoms with E-state index in [1.54, 1.807) is 0 Å². The first-order chi connectivity index (χ1) is 8.90. The summed E-state index contributed by atoms with van der Waals surface area (Å²) >= 11 is 0. The topological polar surface area (TPSA) is 12.5 Å². The molecule has 0 fully saturated rings. The number of para-hydroxylation sites is 1. The summed E-state index contributed by atoms with van der Waals surface area (Å²) in [4.78, 5) is 2.59. The van der Waals surface area contributed by atoms with Crippen LogP contribution < -0.4 is 4.74 Å². The molecule has 1 unspecified atom stereocenters. The van der Waals surface area contributed by atoms with Gasteiger partial charge < -0.3 is 4.74 Å². The SMILES string of the molecule is CCCCN1CCC=C2c3ccccc3OCC21. The zero-order valence-electron chi connectivity index (χ0n) is 11.1. The van der Waals surface area contributed by atoms with Gasteiger partial charge in [-0.1, -0.05) is 37.6 Å². The van der Waals surface area contributed by atoms with Gasteiger partial charge in [0.15, 0.2) is 0 Å². The Morgan fingerprint density at radius 2 is 2.22 bits per heavy atom. The molecule has 18 heavy (non-hydrogen) atoms. The average molecular weight is 243 g/mol. The number of unbranched alkanes of at least 4 members (excludes halogenated alkanes) is 1. The Kier molecular flexibility index (Phi) is 3.37. The fourth-order valence-corrected chi connectivity index (χ4v) is 2.99. The zero-order valence-corrected chi connectivity index (χ0v) is 11.1. The van der Waals surface area contributed by atoms with Crippen molar-refractivity contribution in [2.45, 2.75) is 32.2 Å². The van der Waals surface area contributed by atoms with Gasteiger partial charge in [0.25, 0.3) is 0 Å². The molecule has 1 aromatic rings. The molecule has 3 rings (SSSR count). The van der Waals surface area contributed by atoms with Crippen molar-refractivity contribution >= 4 is 5.57 Å². The molecule has 2 nitrogen and oxygen atoms in total. The standard InChI is InChI=1S/C16H21NO/c1-2-3-10-17-11-6-8-13-14-7-4-5-9-16(14)18-12-15(13)17/h4-5,7-9,15H,2-3,6,10-12H2,1H3. The van der Waals surface area contributed by atoms with Crippen molar-refractivity contribution in [3.63, 3.8) is 0 Å². The van der Waals surface area contributed by atoms with Gasteiger partial charge >= 0.3 is 0 Å². The molecule has 1 atom stereocenters. The molecule has 2 heteroatoms. The van der Waals surface area contributed by atoms with E-state index in [0.29, 0.717) is 6.04 Å². The van der Waals surface area contributed by atoms with Crippen LogP contribution in [0.15, 0.2) is 30.3 Å². The van der Waals surface area contributed by atoms with Gasteiger partial charge in [0, 0.05) is 12.1 Å². The van der Waals surface area contributed by atoms with Crippen LogP contribution in [0.25, 0.3) is 5.57 Å². The van der Waals surface area contributed by atoms with Crippen molar-refractivity contribution in [3.8, 4) is 5.75 Å². The minimum absolute atomic E-state index is 0.472. The number of nitrogens with zero attached hydrogens (tertiary/aromatic N) is 1. The van der Waals surface area contributed by atoms with E-state index in [2.05, 4.69) is 42.2 Å². The van der Waals surface area contributed by atoms with Crippen LogP contribution in [0, 0.1) is 0 Å². The van der Waals surface area contributed by atoms with Crippen LogP contribution in [0.5, 0.6) is 5.75 Å². The Labute approximate surface area is 109 Å². The van der Waals surface area contributed by atoms with Gasteiger partial charge in [0.05, 0.1) is 6.04 Å². The van der Waals surface area contributed by atoms with Crippen molar-refractivity contribution in [1.82, 2.24) is 4.90 Å². The van der Waals surface area contributed by atoms with Crippen LogP contribution in [0.3, 0.4) is 0 Å². The summed E-state index contributed by atoms with van der Waals surface area (Å²) in [7, 11) is 0. The van der Waals surface area contributed by atoms with E-state index in [4.69, 9.17) is 4.74 Å². The zero-order chi connectivity index (χ0) is 12.4. The van der Waals surface area contributed by atoms with Crippen LogP contribution in [0.4, 0.5) is 0 Å². The molecule has 0 bridgehead atoms. The Bertz CT molecular complexity index is 452. The number of ether oxygens (including phenoxy) is 1. The van der Waals surface area contributed by atoms with E-state index in [9.17, 15) is 0 Å². The predicted molar refractivity (Wildman–Crippen MR) is 74.8 cm³/mol. The van der Waals surface area contributed by atoms with Gasteiger partial charge in [-0.25, -0.2) is 0 Å². The highest BCUT2D eigenvalue weighted by atomic mass is 16.5.